The van der Waals surface area contributed by atoms with Gasteiger partial charge in [0.05, 0.1) is 5.51 Å². The predicted molar refractivity (Wildman–Crippen MR) is 81.8 cm³/mol. The summed E-state index contributed by atoms with van der Waals surface area (Å²) >= 11 is 1.64. The minimum atomic E-state index is -0.445. The fourth-order valence-corrected chi connectivity index (χ4v) is 2.28. The highest BCUT2D eigenvalue weighted by molar-refractivity contribution is 7.09. The highest BCUT2D eigenvalue weighted by Gasteiger charge is 2.20. The number of hydrogen-bond donors (Lipinski definition) is 1. The molecule has 0 spiro atoms. The van der Waals surface area contributed by atoms with E-state index in [1.54, 1.807) is 23.3 Å². The number of carbonyl (C=O) groups excluding carboxylic acids is 1. The Balaban J connectivity index is 2.23. The molecule has 5 nitrogen and oxygen atoms in total. The Bertz CT molecular complexity index is 401. The second kappa shape index (κ2) is 7.59. The predicted octanol–water partition coefficient (Wildman–Crippen LogP) is 2.74. The van der Waals surface area contributed by atoms with Gasteiger partial charge in [-0.25, -0.2) is 4.79 Å². The summed E-state index contributed by atoms with van der Waals surface area (Å²) in [5.41, 5.74) is 1.38. The first-order valence-electron chi connectivity index (χ1n) is 6.80. The lowest BCUT2D eigenvalue weighted by molar-refractivity contribution is 0.0277. The van der Waals surface area contributed by atoms with E-state index in [0.717, 1.165) is 13.1 Å². The van der Waals surface area contributed by atoms with E-state index in [4.69, 9.17) is 4.74 Å². The number of ether oxygens (including phenoxy) is 1. The molecule has 0 aromatic carbocycles. The molecular formula is C14H25N3O2S. The molecule has 0 fully saturated rings. The highest BCUT2D eigenvalue weighted by atomic mass is 32.1. The maximum Gasteiger partial charge on any atom is 0.410 e. The summed E-state index contributed by atoms with van der Waals surface area (Å²) in [6.07, 6.45) is 1.60. The molecule has 1 unspecified atom stereocenters. The van der Waals surface area contributed by atoms with Crippen molar-refractivity contribution in [3.8, 4) is 0 Å². The van der Waals surface area contributed by atoms with Gasteiger partial charge in [-0.15, -0.1) is 11.3 Å². The van der Waals surface area contributed by atoms with Gasteiger partial charge in [0.1, 0.15) is 5.60 Å². The van der Waals surface area contributed by atoms with Crippen LogP contribution in [0, 0.1) is 5.92 Å². The fraction of sp³-hybridized carbons (Fsp3) is 0.714. The molecule has 1 N–H and O–H groups in total. The van der Waals surface area contributed by atoms with Crippen molar-refractivity contribution in [1.29, 1.82) is 0 Å². The molecule has 0 radical (unpaired) electrons. The molecule has 1 aromatic heterocycles. The molecule has 114 valence electrons. The summed E-state index contributed by atoms with van der Waals surface area (Å²) in [4.78, 5) is 18.7. The van der Waals surface area contributed by atoms with Crippen LogP contribution in [0.5, 0.6) is 0 Å². The van der Waals surface area contributed by atoms with Crippen molar-refractivity contribution >= 4 is 17.4 Å². The Morgan fingerprint density at radius 1 is 1.55 bits per heavy atom. The van der Waals surface area contributed by atoms with Crippen LogP contribution in [-0.2, 0) is 11.3 Å². The summed E-state index contributed by atoms with van der Waals surface area (Å²) in [5.74, 6) is 0.362. The standard InChI is InChI=1S/C14H25N3O2S/c1-11(6-15-7-12-8-16-10-20-12)9-17(5)13(18)19-14(2,3)4/h8,10-11,15H,6-7,9H2,1-5H3. The van der Waals surface area contributed by atoms with Gasteiger partial charge in [0.15, 0.2) is 0 Å². The van der Waals surface area contributed by atoms with Crippen LogP contribution in [0.15, 0.2) is 11.7 Å². The van der Waals surface area contributed by atoms with E-state index in [2.05, 4.69) is 17.2 Å². The number of hydrogen-bond acceptors (Lipinski definition) is 5. The van der Waals surface area contributed by atoms with E-state index in [0.29, 0.717) is 12.5 Å². The fourth-order valence-electron chi connectivity index (χ4n) is 1.72. The number of rotatable bonds is 6. The second-order valence-corrected chi connectivity index (χ2v) is 7.04. The molecule has 0 aliphatic heterocycles. The van der Waals surface area contributed by atoms with E-state index < -0.39 is 5.60 Å². The minimum Gasteiger partial charge on any atom is -0.444 e. The molecule has 0 aliphatic carbocycles. The Morgan fingerprint density at radius 2 is 2.25 bits per heavy atom. The zero-order valence-electron chi connectivity index (χ0n) is 13.0. The first kappa shape index (κ1) is 16.9. The average Bonchev–Trinajstić information content (AvgIpc) is 2.79. The van der Waals surface area contributed by atoms with Crippen molar-refractivity contribution < 1.29 is 9.53 Å². The molecule has 1 amide bonds. The summed E-state index contributed by atoms with van der Waals surface area (Å²) in [6, 6.07) is 0. The van der Waals surface area contributed by atoms with Crippen LogP contribution < -0.4 is 5.32 Å². The molecule has 1 atom stereocenters. The SMILES string of the molecule is CC(CNCc1cncs1)CN(C)C(=O)OC(C)(C)C. The topological polar surface area (TPSA) is 54.5 Å². The van der Waals surface area contributed by atoms with Crippen molar-refractivity contribution in [3.05, 3.63) is 16.6 Å². The normalized spacial score (nSPS) is 13.1. The lowest BCUT2D eigenvalue weighted by Gasteiger charge is -2.26. The van der Waals surface area contributed by atoms with Crippen LogP contribution in [0.3, 0.4) is 0 Å². The summed E-state index contributed by atoms with van der Waals surface area (Å²) in [7, 11) is 1.77. The van der Waals surface area contributed by atoms with Gasteiger partial charge in [-0.05, 0) is 33.2 Å². The van der Waals surface area contributed by atoms with Crippen molar-refractivity contribution in [2.75, 3.05) is 20.1 Å². The van der Waals surface area contributed by atoms with Gasteiger partial charge in [0, 0.05) is 31.2 Å². The summed E-state index contributed by atoms with van der Waals surface area (Å²) < 4.78 is 5.32. The molecule has 1 rings (SSSR count). The van der Waals surface area contributed by atoms with Crippen LogP contribution in [0.1, 0.15) is 32.6 Å². The quantitative estimate of drug-likeness (QED) is 0.877. The third kappa shape index (κ3) is 6.86. The smallest absolute Gasteiger partial charge is 0.410 e. The van der Waals surface area contributed by atoms with Gasteiger partial charge in [-0.3, -0.25) is 4.98 Å². The first-order valence-corrected chi connectivity index (χ1v) is 7.68. The van der Waals surface area contributed by atoms with Crippen molar-refractivity contribution in [2.24, 2.45) is 5.92 Å². The Hall–Kier alpha value is -1.14. The van der Waals surface area contributed by atoms with Crippen LogP contribution in [0.25, 0.3) is 0 Å². The third-order valence-corrected chi connectivity index (χ3v) is 3.35. The lowest BCUT2D eigenvalue weighted by Crippen LogP contribution is -2.38. The number of amides is 1. The molecule has 6 heteroatoms. The average molecular weight is 299 g/mol. The van der Waals surface area contributed by atoms with Crippen LogP contribution in [0.4, 0.5) is 4.79 Å². The van der Waals surface area contributed by atoms with E-state index in [1.807, 2.05) is 32.5 Å². The first-order chi connectivity index (χ1) is 9.28. The number of nitrogens with one attached hydrogen (secondary N) is 1. The van der Waals surface area contributed by atoms with Gasteiger partial charge in [-0.1, -0.05) is 6.92 Å². The molecule has 20 heavy (non-hydrogen) atoms. The van der Waals surface area contributed by atoms with Crippen LogP contribution >= 0.6 is 11.3 Å². The van der Waals surface area contributed by atoms with E-state index in [9.17, 15) is 4.79 Å². The maximum absolute atomic E-state index is 11.8. The largest absolute Gasteiger partial charge is 0.444 e. The van der Waals surface area contributed by atoms with E-state index in [1.165, 1.54) is 4.88 Å². The summed E-state index contributed by atoms with van der Waals surface area (Å²) in [5, 5.41) is 3.37. The zero-order valence-corrected chi connectivity index (χ0v) is 13.8. The van der Waals surface area contributed by atoms with Crippen molar-refractivity contribution in [2.45, 2.75) is 39.8 Å². The van der Waals surface area contributed by atoms with Crippen LogP contribution in [0.2, 0.25) is 0 Å². The molecule has 1 heterocycles. The van der Waals surface area contributed by atoms with Gasteiger partial charge in [0.2, 0.25) is 0 Å². The van der Waals surface area contributed by atoms with Crippen LogP contribution in [-0.4, -0.2) is 41.7 Å². The highest BCUT2D eigenvalue weighted by Crippen LogP contribution is 2.10. The molecular weight excluding hydrogens is 274 g/mol. The Morgan fingerprint density at radius 3 is 2.80 bits per heavy atom. The van der Waals surface area contributed by atoms with Crippen molar-refractivity contribution in [3.63, 3.8) is 0 Å². The lowest BCUT2D eigenvalue weighted by atomic mass is 10.1. The Kier molecular flexibility index (Phi) is 6.42. The van der Waals surface area contributed by atoms with Crippen molar-refractivity contribution in [1.82, 2.24) is 15.2 Å². The molecule has 0 saturated heterocycles. The van der Waals surface area contributed by atoms with Gasteiger partial charge in [0.25, 0.3) is 0 Å². The van der Waals surface area contributed by atoms with E-state index >= 15 is 0 Å². The maximum atomic E-state index is 11.8. The molecule has 0 saturated carbocycles. The van der Waals surface area contributed by atoms with Gasteiger partial charge < -0.3 is 15.0 Å². The molecule has 1 aromatic rings. The number of thiazole rings is 1. The zero-order chi connectivity index (χ0) is 15.2. The third-order valence-electron chi connectivity index (χ3n) is 2.57. The molecule has 0 aliphatic rings. The van der Waals surface area contributed by atoms with Gasteiger partial charge in [-0.2, -0.15) is 0 Å². The Labute approximate surface area is 125 Å². The van der Waals surface area contributed by atoms with E-state index in [-0.39, 0.29) is 6.09 Å². The minimum absolute atomic E-state index is 0.271. The van der Waals surface area contributed by atoms with Gasteiger partial charge >= 0.3 is 6.09 Å². The molecule has 0 bridgehead atoms. The number of aromatic nitrogens is 1. The monoisotopic (exact) mass is 299 g/mol. The second-order valence-electron chi connectivity index (χ2n) is 6.06. The number of nitrogens with zero attached hydrogens (tertiary/aromatic N) is 2. The number of carbonyl (C=O) groups is 1. The summed E-state index contributed by atoms with van der Waals surface area (Å²) in [6.45, 7) is 10.1.